The van der Waals surface area contributed by atoms with Crippen LogP contribution in [0.4, 0.5) is 0 Å². The Morgan fingerprint density at radius 2 is 0.706 bits per heavy atom. The van der Waals surface area contributed by atoms with E-state index in [-0.39, 0.29) is 12.7 Å². The van der Waals surface area contributed by atoms with Crippen molar-refractivity contribution in [3.63, 3.8) is 0 Å². The molecule has 0 amide bonds. The first-order valence-electron chi connectivity index (χ1n) is 36.7. The van der Waals surface area contributed by atoms with Crippen LogP contribution in [0.5, 0.6) is 23.0 Å². The van der Waals surface area contributed by atoms with E-state index in [9.17, 15) is 0 Å². The van der Waals surface area contributed by atoms with Gasteiger partial charge in [-0.3, -0.25) is 0 Å². The SMILES string of the molecule is CC1(C)OB(c2ccc3c(c2)C2(c4ccccc4O3)c3ccccc3-n3c4ccccc4c4cccc2c43)OC1(C)C.Clc1nc(-c2ccccc2)c2ccccc2n1.[CH3-].c1ccc(-c2nc(-c3ccc4c(c3)C3(c5ccccc5O4)c4ccccc4-n4c5ccccc5c5cccc3c54)nc3ccccc23)cc1. The molecule has 2 spiro atoms. The molecule has 0 radical (unpaired) electrons. The van der Waals surface area contributed by atoms with E-state index in [1.165, 1.54) is 77.2 Å². The minimum Gasteiger partial charge on any atom is -0.457 e. The Morgan fingerprint density at radius 3 is 1.24 bits per heavy atom. The van der Waals surface area contributed by atoms with E-state index in [2.05, 4.69) is 308 Å². The molecule has 0 saturated carbocycles. The number of rotatable bonds is 4. The molecule has 10 nitrogen and oxygen atoms in total. The zero-order valence-electron chi connectivity index (χ0n) is 60.4. The van der Waals surface area contributed by atoms with Crippen LogP contribution < -0.4 is 14.9 Å². The zero-order valence-corrected chi connectivity index (χ0v) is 61.2. The topological polar surface area (TPSA) is 98.3 Å². The molecule has 2 atom stereocenters. The third kappa shape index (κ3) is 9.69. The maximum absolute atomic E-state index is 6.77. The quantitative estimate of drug-likeness (QED) is 0.0976. The molecule has 5 aliphatic rings. The lowest BCUT2D eigenvalue weighted by Gasteiger charge is -2.45. The van der Waals surface area contributed by atoms with Crippen LogP contribution >= 0.6 is 11.6 Å². The zero-order chi connectivity index (χ0) is 72.2. The van der Waals surface area contributed by atoms with E-state index in [1.807, 2.05) is 66.7 Å². The largest absolute Gasteiger partial charge is 0.494 e. The van der Waals surface area contributed by atoms with E-state index in [1.54, 1.807) is 0 Å². The maximum Gasteiger partial charge on any atom is 0.494 e. The molecule has 0 bridgehead atoms. The lowest BCUT2D eigenvalue weighted by atomic mass is 9.60. The van der Waals surface area contributed by atoms with Gasteiger partial charge in [0.2, 0.25) is 5.28 Å². The highest BCUT2D eigenvalue weighted by atomic mass is 35.5. The molecule has 1 fully saturated rings. The van der Waals surface area contributed by atoms with Crippen molar-refractivity contribution in [3.05, 3.63) is 385 Å². The predicted octanol–water partition coefficient (Wildman–Crippen LogP) is 23.1. The van der Waals surface area contributed by atoms with Gasteiger partial charge in [0.1, 0.15) is 23.0 Å². The average Bonchev–Trinajstić information content (AvgIpc) is 1.66. The van der Waals surface area contributed by atoms with E-state index in [4.69, 9.17) is 40.4 Å². The number of halogens is 1. The van der Waals surface area contributed by atoms with Crippen LogP contribution in [0.2, 0.25) is 5.28 Å². The number of hydrogen-bond acceptors (Lipinski definition) is 8. The molecular formula is C97H69BClN6O4-. The van der Waals surface area contributed by atoms with Gasteiger partial charge in [-0.1, -0.05) is 255 Å². The van der Waals surface area contributed by atoms with Crippen LogP contribution in [0.15, 0.2) is 328 Å². The summed E-state index contributed by atoms with van der Waals surface area (Å²) in [6.45, 7) is 8.40. The Balaban J connectivity index is 0.000000118. The van der Waals surface area contributed by atoms with Gasteiger partial charge in [-0.25, -0.2) is 19.9 Å². The van der Waals surface area contributed by atoms with Gasteiger partial charge in [-0.2, -0.15) is 0 Å². The van der Waals surface area contributed by atoms with Gasteiger partial charge in [-0.05, 0) is 140 Å². The molecule has 12 heteroatoms. The minimum atomic E-state index is -0.653. The molecule has 109 heavy (non-hydrogen) atoms. The van der Waals surface area contributed by atoms with Crippen molar-refractivity contribution in [3.8, 4) is 68.3 Å². The summed E-state index contributed by atoms with van der Waals surface area (Å²) in [4.78, 5) is 19.0. The number of aromatic nitrogens is 6. The third-order valence-corrected chi connectivity index (χ3v) is 23.3. The van der Waals surface area contributed by atoms with E-state index >= 15 is 0 Å². The van der Waals surface area contributed by atoms with E-state index in [0.717, 1.165) is 101 Å². The van der Waals surface area contributed by atoms with E-state index < -0.39 is 29.2 Å². The first-order valence-corrected chi connectivity index (χ1v) is 37.1. The summed E-state index contributed by atoms with van der Waals surface area (Å²) in [5, 5.41) is 7.33. The Hall–Kier alpha value is -12.8. The molecule has 4 aromatic heterocycles. The maximum atomic E-state index is 6.77. The Labute approximate surface area is 636 Å². The fraction of sp³-hybridized carbons (Fsp3) is 0.0825. The highest BCUT2D eigenvalue weighted by molar-refractivity contribution is 6.62. The van der Waals surface area contributed by atoms with Gasteiger partial charge in [-0.15, -0.1) is 0 Å². The summed E-state index contributed by atoms with van der Waals surface area (Å²) < 4.78 is 31.4. The van der Waals surface area contributed by atoms with Crippen molar-refractivity contribution < 1.29 is 18.8 Å². The van der Waals surface area contributed by atoms with Crippen LogP contribution in [0.1, 0.15) is 72.2 Å². The smallest absolute Gasteiger partial charge is 0.457 e. The van der Waals surface area contributed by atoms with Crippen LogP contribution in [0.25, 0.3) is 111 Å². The van der Waals surface area contributed by atoms with E-state index in [0.29, 0.717) is 5.82 Å². The fourth-order valence-electron chi connectivity index (χ4n) is 17.8. The molecule has 23 rings (SSSR count). The Kier molecular flexibility index (Phi) is 15.0. The van der Waals surface area contributed by atoms with Gasteiger partial charge < -0.3 is 35.3 Å². The summed E-state index contributed by atoms with van der Waals surface area (Å²) in [7, 11) is -0.476. The third-order valence-electron chi connectivity index (χ3n) is 23.2. The van der Waals surface area contributed by atoms with Crippen molar-refractivity contribution in [1.29, 1.82) is 0 Å². The van der Waals surface area contributed by atoms with Gasteiger partial charge in [0.05, 0.1) is 77.9 Å². The van der Waals surface area contributed by atoms with Crippen LogP contribution in [0, 0.1) is 7.43 Å². The molecule has 0 N–H and O–H groups in total. The molecular weight excluding hydrogens is 1360 g/mol. The number of ether oxygens (including phenoxy) is 2. The monoisotopic (exact) mass is 1430 g/mol. The van der Waals surface area contributed by atoms with Crippen molar-refractivity contribution in [2.45, 2.75) is 49.7 Å². The molecule has 1 saturated heterocycles. The second kappa shape index (κ2) is 24.9. The summed E-state index contributed by atoms with van der Waals surface area (Å²) in [5.74, 6) is 4.12. The number of para-hydroxylation sites is 10. The summed E-state index contributed by atoms with van der Waals surface area (Å²) in [5.41, 5.74) is 22.1. The fourth-order valence-corrected chi connectivity index (χ4v) is 18.0. The molecule has 0 aliphatic carbocycles. The predicted molar refractivity (Wildman–Crippen MR) is 442 cm³/mol. The Morgan fingerprint density at radius 1 is 0.312 bits per heavy atom. The molecule has 5 aliphatic heterocycles. The number of hydrogen-bond donors (Lipinski definition) is 0. The summed E-state index contributed by atoms with van der Waals surface area (Å²) in [6, 6.07) is 115. The second-order valence-corrected chi connectivity index (χ2v) is 29.7. The highest BCUT2D eigenvalue weighted by Crippen LogP contribution is 2.63. The molecule has 2 unspecified atom stereocenters. The number of nitrogens with zero attached hydrogens (tertiary/aromatic N) is 6. The summed E-state index contributed by atoms with van der Waals surface area (Å²) in [6.07, 6.45) is 0. The Bertz CT molecular complexity index is 6760. The molecule has 9 heterocycles. The van der Waals surface area contributed by atoms with Crippen molar-refractivity contribution >= 4 is 89.6 Å². The number of benzene rings is 14. The van der Waals surface area contributed by atoms with Crippen molar-refractivity contribution in [2.75, 3.05) is 0 Å². The highest BCUT2D eigenvalue weighted by Gasteiger charge is 2.55. The van der Waals surface area contributed by atoms with Crippen molar-refractivity contribution in [2.24, 2.45) is 0 Å². The second-order valence-electron chi connectivity index (χ2n) is 29.4. The standard InChI is InChI=1S/C45H27N3O.C37H30BNO3.C14H9ClN2.CH3/c1-2-13-28(14-3-1)42-32-16-4-8-21-37(32)46-44(47-42)29-25-26-41-36(27-29)45(34-19-7-11-24-40(34)49-41)33-18-6-10-23-39(33)48-38-22-9-5-15-30(38)31-17-12-20-35(45)43(31)48;1-35(2)36(3,4)42-38(41-35)23-20-21-33-29(22-23)37(27-15-7-10-19-32(27)40-33)26-14-6-9-18-31(26)39-30-17-8-5-12-24(30)25-13-11-16-28(37)34(25)39;15-14-16-12-9-5-4-8-11(12)13(17-14)10-6-2-1-3-7-10;/h1-27H;5-22H,1-4H3;1-9H;1H3/q;;;-1. The van der Waals surface area contributed by atoms with Gasteiger partial charge in [0.25, 0.3) is 0 Å². The van der Waals surface area contributed by atoms with Crippen LogP contribution in [-0.2, 0) is 20.1 Å². The van der Waals surface area contributed by atoms with Crippen LogP contribution in [0.3, 0.4) is 0 Å². The van der Waals surface area contributed by atoms with Gasteiger partial charge in [0.15, 0.2) is 5.82 Å². The lowest BCUT2D eigenvalue weighted by molar-refractivity contribution is 0.00578. The minimum absolute atomic E-state index is 0. The molecule has 14 aromatic carbocycles. The van der Waals surface area contributed by atoms with Gasteiger partial charge >= 0.3 is 7.12 Å². The first-order chi connectivity index (χ1) is 53.0. The van der Waals surface area contributed by atoms with Crippen LogP contribution in [-0.4, -0.2) is 47.4 Å². The average molecular weight is 1430 g/mol. The first kappa shape index (κ1) is 65.7. The van der Waals surface area contributed by atoms with Gasteiger partial charge in [0, 0.05) is 71.3 Å². The normalized spacial score (nSPS) is 16.7. The molecule has 522 valence electrons. The number of fused-ring (bicyclic) bond motifs is 24. The summed E-state index contributed by atoms with van der Waals surface area (Å²) >= 11 is 5.95. The molecule has 18 aromatic rings. The van der Waals surface area contributed by atoms with Crippen molar-refractivity contribution in [1.82, 2.24) is 29.1 Å². The lowest BCUT2D eigenvalue weighted by Crippen LogP contribution is -2.41.